The maximum Gasteiger partial charge on any atom is 0.338 e. The van der Waals surface area contributed by atoms with Gasteiger partial charge in [-0.1, -0.05) is 18.1 Å². The third kappa shape index (κ3) is 4.28. The monoisotopic (exact) mass is 247 g/mol. The summed E-state index contributed by atoms with van der Waals surface area (Å²) in [5.74, 6) is 1.18. The Morgan fingerprint density at radius 1 is 1.33 bits per heavy atom. The number of esters is 1. The molecule has 5 nitrogen and oxygen atoms in total. The first-order valence-corrected chi connectivity index (χ1v) is 5.24. The Balaban J connectivity index is 2.45. The largest absolute Gasteiger partial charge is 0.452 e. The van der Waals surface area contributed by atoms with Gasteiger partial charge in [0.15, 0.2) is 6.61 Å². The van der Waals surface area contributed by atoms with Crippen molar-refractivity contribution in [1.82, 2.24) is 5.32 Å². The Bertz CT molecular complexity index is 459. The summed E-state index contributed by atoms with van der Waals surface area (Å²) < 4.78 is 4.78. The number of rotatable bonds is 5. The molecule has 0 fully saturated rings. The van der Waals surface area contributed by atoms with Crippen LogP contribution >= 0.6 is 0 Å². The number of carbonyl (C=O) groups is 2. The lowest BCUT2D eigenvalue weighted by molar-refractivity contribution is -0.123. The fourth-order valence-corrected chi connectivity index (χ4v) is 1.16. The molecule has 2 N–H and O–H groups in total. The van der Waals surface area contributed by atoms with Crippen molar-refractivity contribution in [2.45, 2.75) is 6.61 Å². The highest BCUT2D eigenvalue weighted by atomic mass is 16.5. The average molecular weight is 247 g/mol. The summed E-state index contributed by atoms with van der Waals surface area (Å²) in [7, 11) is 0. The maximum absolute atomic E-state index is 11.5. The third-order valence-electron chi connectivity index (χ3n) is 2.09. The second-order valence-corrected chi connectivity index (χ2v) is 3.41. The van der Waals surface area contributed by atoms with Crippen LogP contribution in [0.15, 0.2) is 24.3 Å². The van der Waals surface area contributed by atoms with Crippen LogP contribution in [0.5, 0.6) is 0 Å². The number of aliphatic hydroxyl groups excluding tert-OH is 1. The van der Waals surface area contributed by atoms with Gasteiger partial charge >= 0.3 is 5.97 Å². The van der Waals surface area contributed by atoms with Gasteiger partial charge in [0.05, 0.1) is 18.7 Å². The van der Waals surface area contributed by atoms with Crippen LogP contribution in [0.3, 0.4) is 0 Å². The highest BCUT2D eigenvalue weighted by Gasteiger charge is 2.09. The van der Waals surface area contributed by atoms with Gasteiger partial charge in [0, 0.05) is 0 Å². The van der Waals surface area contributed by atoms with E-state index in [1.54, 1.807) is 12.1 Å². The fourth-order valence-electron chi connectivity index (χ4n) is 1.16. The van der Waals surface area contributed by atoms with Gasteiger partial charge in [-0.15, -0.1) is 6.42 Å². The van der Waals surface area contributed by atoms with Crippen LogP contribution in [0.1, 0.15) is 15.9 Å². The summed E-state index contributed by atoms with van der Waals surface area (Å²) in [4.78, 5) is 22.6. The van der Waals surface area contributed by atoms with E-state index >= 15 is 0 Å². The molecule has 0 aliphatic heterocycles. The summed E-state index contributed by atoms with van der Waals surface area (Å²) in [5.41, 5.74) is 1.01. The molecule has 0 heterocycles. The van der Waals surface area contributed by atoms with E-state index in [1.807, 2.05) is 0 Å². The van der Waals surface area contributed by atoms with Crippen molar-refractivity contribution in [3.8, 4) is 12.3 Å². The highest BCUT2D eigenvalue weighted by Crippen LogP contribution is 2.05. The Hall–Kier alpha value is -2.32. The SMILES string of the molecule is C#CCNC(=O)COC(=O)c1ccc(CO)cc1. The molecular formula is C13H13NO4. The van der Waals surface area contributed by atoms with E-state index in [2.05, 4.69) is 11.2 Å². The number of terminal acetylenes is 1. The van der Waals surface area contributed by atoms with Gasteiger partial charge < -0.3 is 15.2 Å². The highest BCUT2D eigenvalue weighted by molar-refractivity contribution is 5.91. The summed E-state index contributed by atoms with van der Waals surface area (Å²) in [6.07, 6.45) is 4.96. The molecule has 0 bridgehead atoms. The molecule has 1 rings (SSSR count). The van der Waals surface area contributed by atoms with Crippen LogP contribution in [0.25, 0.3) is 0 Å². The van der Waals surface area contributed by atoms with E-state index < -0.39 is 11.9 Å². The van der Waals surface area contributed by atoms with Gasteiger partial charge in [-0.3, -0.25) is 4.79 Å². The van der Waals surface area contributed by atoms with E-state index in [-0.39, 0.29) is 19.8 Å². The van der Waals surface area contributed by atoms with Crippen molar-refractivity contribution in [2.75, 3.05) is 13.2 Å². The number of amides is 1. The Kier molecular flexibility index (Phi) is 5.42. The molecule has 0 atom stereocenters. The van der Waals surface area contributed by atoms with Gasteiger partial charge in [0.2, 0.25) is 0 Å². The Labute approximate surface area is 105 Å². The van der Waals surface area contributed by atoms with Crippen LogP contribution in [0.4, 0.5) is 0 Å². The van der Waals surface area contributed by atoms with Crippen LogP contribution < -0.4 is 5.32 Å². The van der Waals surface area contributed by atoms with Crippen LogP contribution in [0.2, 0.25) is 0 Å². The molecule has 0 aromatic heterocycles. The molecular weight excluding hydrogens is 234 g/mol. The molecule has 0 radical (unpaired) electrons. The van der Waals surface area contributed by atoms with Crippen LogP contribution in [-0.4, -0.2) is 30.1 Å². The molecule has 1 aromatic carbocycles. The summed E-state index contributed by atoms with van der Waals surface area (Å²) >= 11 is 0. The van der Waals surface area contributed by atoms with E-state index in [9.17, 15) is 9.59 Å². The van der Waals surface area contributed by atoms with E-state index in [1.165, 1.54) is 12.1 Å². The van der Waals surface area contributed by atoms with Gasteiger partial charge in [0.25, 0.3) is 5.91 Å². The molecule has 1 amide bonds. The molecule has 1 aromatic rings. The Morgan fingerprint density at radius 3 is 2.56 bits per heavy atom. The lowest BCUT2D eigenvalue weighted by Gasteiger charge is -2.05. The number of hydrogen-bond acceptors (Lipinski definition) is 4. The normalized spacial score (nSPS) is 9.33. The number of aliphatic hydroxyl groups is 1. The summed E-state index contributed by atoms with van der Waals surface area (Å²) in [5, 5.41) is 11.2. The third-order valence-corrected chi connectivity index (χ3v) is 2.09. The number of hydrogen-bond donors (Lipinski definition) is 2. The second kappa shape index (κ2) is 7.09. The minimum absolute atomic E-state index is 0.0934. The zero-order chi connectivity index (χ0) is 13.4. The Morgan fingerprint density at radius 2 is 2.00 bits per heavy atom. The molecule has 5 heteroatoms. The number of benzene rings is 1. The average Bonchev–Trinajstić information content (AvgIpc) is 2.42. The van der Waals surface area contributed by atoms with Crippen molar-refractivity contribution in [3.05, 3.63) is 35.4 Å². The first-order chi connectivity index (χ1) is 8.67. The topological polar surface area (TPSA) is 75.6 Å². The molecule has 0 aliphatic rings. The van der Waals surface area contributed by atoms with E-state index in [4.69, 9.17) is 16.3 Å². The first-order valence-electron chi connectivity index (χ1n) is 5.24. The maximum atomic E-state index is 11.5. The smallest absolute Gasteiger partial charge is 0.338 e. The minimum Gasteiger partial charge on any atom is -0.452 e. The molecule has 0 spiro atoms. The lowest BCUT2D eigenvalue weighted by atomic mass is 10.1. The number of nitrogens with one attached hydrogen (secondary N) is 1. The van der Waals surface area contributed by atoms with Crippen LogP contribution in [0, 0.1) is 12.3 Å². The van der Waals surface area contributed by atoms with Gasteiger partial charge in [-0.05, 0) is 17.7 Å². The molecule has 0 saturated heterocycles. The van der Waals surface area contributed by atoms with E-state index in [0.717, 1.165) is 0 Å². The number of ether oxygens (including phenoxy) is 1. The first kappa shape index (κ1) is 13.7. The van der Waals surface area contributed by atoms with Gasteiger partial charge in [-0.2, -0.15) is 0 Å². The molecule has 0 aliphatic carbocycles. The summed E-state index contributed by atoms with van der Waals surface area (Å²) in [6, 6.07) is 6.25. The van der Waals surface area contributed by atoms with Crippen molar-refractivity contribution < 1.29 is 19.4 Å². The zero-order valence-corrected chi connectivity index (χ0v) is 9.68. The predicted octanol–water partition coefficient (Wildman–Crippen LogP) is 0.0851. The number of carbonyl (C=O) groups excluding carboxylic acids is 2. The summed E-state index contributed by atoms with van der Waals surface area (Å²) in [6.45, 7) is -0.367. The standard InChI is InChI=1S/C13H13NO4/c1-2-7-14-12(16)9-18-13(17)11-5-3-10(8-15)4-6-11/h1,3-6,15H,7-9H2,(H,14,16). The lowest BCUT2D eigenvalue weighted by Crippen LogP contribution is -2.28. The molecule has 0 unspecified atom stereocenters. The second-order valence-electron chi connectivity index (χ2n) is 3.41. The van der Waals surface area contributed by atoms with Crippen molar-refractivity contribution >= 4 is 11.9 Å². The van der Waals surface area contributed by atoms with Crippen molar-refractivity contribution in [3.63, 3.8) is 0 Å². The minimum atomic E-state index is -0.602. The quantitative estimate of drug-likeness (QED) is 0.571. The zero-order valence-electron chi connectivity index (χ0n) is 9.68. The molecule has 94 valence electrons. The molecule has 0 saturated carbocycles. The fraction of sp³-hybridized carbons (Fsp3) is 0.231. The molecule has 18 heavy (non-hydrogen) atoms. The van der Waals surface area contributed by atoms with Gasteiger partial charge in [-0.25, -0.2) is 4.79 Å². The van der Waals surface area contributed by atoms with Crippen LogP contribution in [-0.2, 0) is 16.1 Å². The van der Waals surface area contributed by atoms with Crippen molar-refractivity contribution in [1.29, 1.82) is 0 Å². The van der Waals surface area contributed by atoms with E-state index in [0.29, 0.717) is 11.1 Å². The predicted molar refractivity (Wildman–Crippen MR) is 64.5 cm³/mol. The van der Waals surface area contributed by atoms with Gasteiger partial charge in [0.1, 0.15) is 0 Å². The van der Waals surface area contributed by atoms with Crippen molar-refractivity contribution in [2.24, 2.45) is 0 Å².